The first kappa shape index (κ1) is 12.4. The van der Waals surface area contributed by atoms with E-state index in [1.807, 2.05) is 0 Å². The summed E-state index contributed by atoms with van der Waals surface area (Å²) in [4.78, 5) is 0. The van der Waals surface area contributed by atoms with Crippen LogP contribution in [0, 0.1) is 3.57 Å². The molecule has 88 valence electrons. The van der Waals surface area contributed by atoms with E-state index >= 15 is 0 Å². The van der Waals surface area contributed by atoms with Crippen molar-refractivity contribution >= 4 is 22.6 Å². The number of hydrogen-bond acceptors (Lipinski definition) is 1. The van der Waals surface area contributed by atoms with Gasteiger partial charge >= 0.3 is 0 Å². The molecule has 1 aromatic carbocycles. The fraction of sp³-hybridized carbons (Fsp3) is 0.571. The number of aryl methyl sites for hydroxylation is 1. The Balaban J connectivity index is 1.80. The normalized spacial score (nSPS) is 25.6. The molecule has 0 bridgehead atoms. The molecule has 1 aliphatic heterocycles. The first-order valence-electron chi connectivity index (χ1n) is 6.24. The highest BCUT2D eigenvalue weighted by atomic mass is 127. The largest absolute Gasteiger partial charge is 0.311 e. The van der Waals surface area contributed by atoms with Crippen molar-refractivity contribution in [1.29, 1.82) is 0 Å². The van der Waals surface area contributed by atoms with Gasteiger partial charge in [-0.05, 0) is 72.9 Å². The van der Waals surface area contributed by atoms with Crippen molar-refractivity contribution in [3.05, 3.63) is 33.4 Å². The molecule has 2 rings (SSSR count). The van der Waals surface area contributed by atoms with Gasteiger partial charge in [-0.1, -0.05) is 18.6 Å². The first-order valence-corrected chi connectivity index (χ1v) is 7.32. The van der Waals surface area contributed by atoms with E-state index in [2.05, 4.69) is 59.1 Å². The lowest BCUT2D eigenvalue weighted by Gasteiger charge is -2.28. The number of halogens is 1. The van der Waals surface area contributed by atoms with E-state index in [-0.39, 0.29) is 0 Å². The van der Waals surface area contributed by atoms with Gasteiger partial charge in [-0.2, -0.15) is 0 Å². The zero-order valence-electron chi connectivity index (χ0n) is 9.88. The van der Waals surface area contributed by atoms with Crippen LogP contribution in [0.1, 0.15) is 38.2 Å². The number of benzene rings is 1. The maximum absolute atomic E-state index is 3.70. The monoisotopic (exact) mass is 329 g/mol. The van der Waals surface area contributed by atoms with Crippen molar-refractivity contribution in [1.82, 2.24) is 5.32 Å². The summed E-state index contributed by atoms with van der Waals surface area (Å²) in [5.41, 5.74) is 1.47. The van der Waals surface area contributed by atoms with Gasteiger partial charge in [0.1, 0.15) is 0 Å². The summed E-state index contributed by atoms with van der Waals surface area (Å²) >= 11 is 2.36. The van der Waals surface area contributed by atoms with Crippen molar-refractivity contribution in [3.63, 3.8) is 0 Å². The summed E-state index contributed by atoms with van der Waals surface area (Å²) in [6.07, 6.45) is 6.59. The predicted molar refractivity (Wildman–Crippen MR) is 77.7 cm³/mol. The molecule has 1 aromatic rings. The third-order valence-electron chi connectivity index (χ3n) is 3.40. The van der Waals surface area contributed by atoms with Crippen molar-refractivity contribution in [2.24, 2.45) is 0 Å². The van der Waals surface area contributed by atoms with Crippen molar-refractivity contribution < 1.29 is 0 Å². The smallest absolute Gasteiger partial charge is 0.0130 e. The maximum atomic E-state index is 3.70. The van der Waals surface area contributed by atoms with Crippen LogP contribution >= 0.6 is 22.6 Å². The standard InChI is InChI=1S/C14H20IN/c1-11-3-2-4-14(16-11)10-7-12-5-8-13(15)9-6-12/h5-6,8-9,11,14,16H,2-4,7,10H2,1H3. The van der Waals surface area contributed by atoms with Gasteiger partial charge in [0, 0.05) is 15.7 Å². The Morgan fingerprint density at radius 3 is 2.69 bits per heavy atom. The summed E-state index contributed by atoms with van der Waals surface area (Å²) in [6, 6.07) is 10.4. The predicted octanol–water partition coefficient (Wildman–Crippen LogP) is 3.75. The molecular weight excluding hydrogens is 309 g/mol. The van der Waals surface area contributed by atoms with Gasteiger partial charge in [0.05, 0.1) is 0 Å². The molecule has 2 heteroatoms. The van der Waals surface area contributed by atoms with Crippen LogP contribution in [-0.2, 0) is 6.42 Å². The van der Waals surface area contributed by atoms with E-state index in [4.69, 9.17) is 0 Å². The maximum Gasteiger partial charge on any atom is 0.0130 e. The van der Waals surface area contributed by atoms with Crippen molar-refractivity contribution in [2.45, 2.75) is 51.1 Å². The Labute approximate surface area is 112 Å². The highest BCUT2D eigenvalue weighted by Gasteiger charge is 2.16. The third-order valence-corrected chi connectivity index (χ3v) is 4.12. The van der Waals surface area contributed by atoms with Gasteiger partial charge < -0.3 is 5.32 Å². The van der Waals surface area contributed by atoms with Gasteiger partial charge in [0.15, 0.2) is 0 Å². The lowest BCUT2D eigenvalue weighted by atomic mass is 9.95. The van der Waals surface area contributed by atoms with Crippen LogP contribution in [0.3, 0.4) is 0 Å². The lowest BCUT2D eigenvalue weighted by Crippen LogP contribution is -2.40. The Bertz CT molecular complexity index is 320. The summed E-state index contributed by atoms with van der Waals surface area (Å²) < 4.78 is 1.32. The van der Waals surface area contributed by atoms with Crippen LogP contribution in [0.2, 0.25) is 0 Å². The minimum atomic E-state index is 0.718. The van der Waals surface area contributed by atoms with Crippen LogP contribution in [0.15, 0.2) is 24.3 Å². The van der Waals surface area contributed by atoms with E-state index in [0.29, 0.717) is 0 Å². The molecule has 2 unspecified atom stereocenters. The van der Waals surface area contributed by atoms with Crippen molar-refractivity contribution in [3.8, 4) is 0 Å². The van der Waals surface area contributed by atoms with Gasteiger partial charge in [-0.3, -0.25) is 0 Å². The Hall–Kier alpha value is -0.0900. The zero-order valence-corrected chi connectivity index (χ0v) is 12.0. The molecule has 0 radical (unpaired) electrons. The second-order valence-corrected chi connectivity index (χ2v) is 6.11. The molecule has 1 aliphatic rings. The van der Waals surface area contributed by atoms with Crippen molar-refractivity contribution in [2.75, 3.05) is 0 Å². The molecular formula is C14H20IN. The van der Waals surface area contributed by atoms with Crippen LogP contribution < -0.4 is 5.32 Å². The second-order valence-electron chi connectivity index (χ2n) is 4.86. The van der Waals surface area contributed by atoms with E-state index < -0.39 is 0 Å². The minimum Gasteiger partial charge on any atom is -0.311 e. The molecule has 1 nitrogen and oxygen atoms in total. The van der Waals surface area contributed by atoms with Gasteiger partial charge in [0.25, 0.3) is 0 Å². The Morgan fingerprint density at radius 1 is 1.25 bits per heavy atom. The molecule has 16 heavy (non-hydrogen) atoms. The summed E-state index contributed by atoms with van der Waals surface area (Å²) in [7, 11) is 0. The van der Waals surface area contributed by atoms with Crippen LogP contribution in [0.25, 0.3) is 0 Å². The van der Waals surface area contributed by atoms with Gasteiger partial charge in [-0.15, -0.1) is 0 Å². The quantitative estimate of drug-likeness (QED) is 0.833. The first-order chi connectivity index (χ1) is 7.74. The molecule has 0 spiro atoms. The van der Waals surface area contributed by atoms with Crippen LogP contribution in [-0.4, -0.2) is 12.1 Å². The topological polar surface area (TPSA) is 12.0 Å². The molecule has 0 aromatic heterocycles. The summed E-state index contributed by atoms with van der Waals surface area (Å²) in [5.74, 6) is 0. The molecule has 0 saturated carbocycles. The van der Waals surface area contributed by atoms with E-state index in [1.165, 1.54) is 41.2 Å². The average molecular weight is 329 g/mol. The van der Waals surface area contributed by atoms with Gasteiger partial charge in [-0.25, -0.2) is 0 Å². The number of rotatable bonds is 3. The lowest BCUT2D eigenvalue weighted by molar-refractivity contribution is 0.322. The molecule has 0 aliphatic carbocycles. The Morgan fingerprint density at radius 2 is 2.00 bits per heavy atom. The fourth-order valence-corrected chi connectivity index (χ4v) is 2.82. The minimum absolute atomic E-state index is 0.718. The van der Waals surface area contributed by atoms with Gasteiger partial charge in [0.2, 0.25) is 0 Å². The number of nitrogens with one attached hydrogen (secondary N) is 1. The average Bonchev–Trinajstić information content (AvgIpc) is 2.28. The highest BCUT2D eigenvalue weighted by Crippen LogP contribution is 2.17. The summed E-state index contributed by atoms with van der Waals surface area (Å²) in [6.45, 7) is 2.30. The number of hydrogen-bond donors (Lipinski definition) is 1. The zero-order chi connectivity index (χ0) is 11.4. The van der Waals surface area contributed by atoms with E-state index in [1.54, 1.807) is 0 Å². The molecule has 1 saturated heterocycles. The highest BCUT2D eigenvalue weighted by molar-refractivity contribution is 14.1. The molecule has 1 fully saturated rings. The SMILES string of the molecule is CC1CCCC(CCc2ccc(I)cc2)N1. The van der Waals surface area contributed by atoms with Crippen LogP contribution in [0.4, 0.5) is 0 Å². The summed E-state index contributed by atoms with van der Waals surface area (Å²) in [5, 5.41) is 3.70. The Kier molecular flexibility index (Phi) is 4.65. The molecule has 2 atom stereocenters. The fourth-order valence-electron chi connectivity index (χ4n) is 2.46. The number of piperidine rings is 1. The third kappa shape index (κ3) is 3.74. The van der Waals surface area contributed by atoms with E-state index in [0.717, 1.165) is 12.1 Å². The van der Waals surface area contributed by atoms with E-state index in [9.17, 15) is 0 Å². The van der Waals surface area contributed by atoms with Crippen LogP contribution in [0.5, 0.6) is 0 Å². The molecule has 0 amide bonds. The molecule has 1 N–H and O–H groups in total. The molecule has 1 heterocycles. The second kappa shape index (κ2) is 6.01.